The number of anilines is 1. The summed E-state index contributed by atoms with van der Waals surface area (Å²) in [5, 5.41) is 2.72. The Morgan fingerprint density at radius 2 is 1.81 bits per heavy atom. The first-order chi connectivity index (χ1) is 12.2. The Labute approximate surface area is 154 Å². The molecule has 1 amide bonds. The number of hydrogen-bond acceptors (Lipinski definition) is 4. The molecule has 0 unspecified atom stereocenters. The number of nitrogens with one attached hydrogen (secondary N) is 1. The average molecular weight is 355 g/mol. The first-order valence-electron chi connectivity index (χ1n) is 8.45. The number of methoxy groups -OCH3 is 1. The Hall–Kier alpha value is -2.82. The maximum atomic E-state index is 12.6. The highest BCUT2D eigenvalue weighted by Gasteiger charge is 2.18. The minimum Gasteiger partial charge on any atom is -0.497 e. The SMILES string of the molecule is COc1ccc(CC(=O)c2cccc(C)c2)c(NC(=O)OC(C)(C)C)c1. The fourth-order valence-corrected chi connectivity index (χ4v) is 2.46. The molecule has 0 saturated heterocycles. The topological polar surface area (TPSA) is 64.6 Å². The molecular weight excluding hydrogens is 330 g/mol. The number of hydrogen-bond donors (Lipinski definition) is 1. The average Bonchev–Trinajstić information content (AvgIpc) is 2.54. The maximum Gasteiger partial charge on any atom is 0.412 e. The van der Waals surface area contributed by atoms with Crippen LogP contribution in [0.3, 0.4) is 0 Å². The molecule has 2 aromatic carbocycles. The molecule has 0 aliphatic heterocycles. The summed E-state index contributed by atoms with van der Waals surface area (Å²) >= 11 is 0. The summed E-state index contributed by atoms with van der Waals surface area (Å²) in [6.45, 7) is 7.32. The van der Waals surface area contributed by atoms with Crippen LogP contribution in [0.5, 0.6) is 5.75 Å². The fraction of sp³-hybridized carbons (Fsp3) is 0.333. The smallest absolute Gasteiger partial charge is 0.412 e. The van der Waals surface area contributed by atoms with E-state index in [0.717, 1.165) is 5.56 Å². The second-order valence-electron chi connectivity index (χ2n) is 7.12. The molecule has 0 heterocycles. The number of carbonyl (C=O) groups is 2. The lowest BCUT2D eigenvalue weighted by molar-refractivity contribution is 0.0635. The van der Waals surface area contributed by atoms with E-state index in [-0.39, 0.29) is 12.2 Å². The number of benzene rings is 2. The standard InChI is InChI=1S/C21H25NO4/c1-14-7-6-8-16(11-14)19(23)12-15-9-10-17(25-5)13-18(15)22-20(24)26-21(2,3)4/h6-11,13H,12H2,1-5H3,(H,22,24). The van der Waals surface area contributed by atoms with Gasteiger partial charge >= 0.3 is 6.09 Å². The molecule has 0 bridgehead atoms. The van der Waals surface area contributed by atoms with Gasteiger partial charge in [0, 0.05) is 18.1 Å². The van der Waals surface area contributed by atoms with Gasteiger partial charge in [0.15, 0.2) is 5.78 Å². The van der Waals surface area contributed by atoms with Gasteiger partial charge in [0.25, 0.3) is 0 Å². The van der Waals surface area contributed by atoms with E-state index in [1.165, 1.54) is 0 Å². The molecule has 0 aliphatic carbocycles. The molecule has 0 fully saturated rings. The van der Waals surface area contributed by atoms with Crippen molar-refractivity contribution in [1.82, 2.24) is 0 Å². The first-order valence-corrected chi connectivity index (χ1v) is 8.45. The summed E-state index contributed by atoms with van der Waals surface area (Å²) in [6.07, 6.45) is -0.409. The Balaban J connectivity index is 2.24. The summed E-state index contributed by atoms with van der Waals surface area (Å²) in [7, 11) is 1.55. The molecule has 138 valence electrons. The van der Waals surface area contributed by atoms with Crippen molar-refractivity contribution in [3.63, 3.8) is 0 Å². The van der Waals surface area contributed by atoms with Crippen molar-refractivity contribution in [1.29, 1.82) is 0 Å². The molecule has 0 aromatic heterocycles. The summed E-state index contributed by atoms with van der Waals surface area (Å²) in [4.78, 5) is 24.7. The Kier molecular flexibility index (Phi) is 6.03. The lowest BCUT2D eigenvalue weighted by Crippen LogP contribution is -2.27. The third-order valence-corrected chi connectivity index (χ3v) is 3.64. The van der Waals surface area contributed by atoms with Crippen molar-refractivity contribution in [2.75, 3.05) is 12.4 Å². The molecule has 26 heavy (non-hydrogen) atoms. The number of carbonyl (C=O) groups excluding carboxylic acids is 2. The molecule has 0 radical (unpaired) electrons. The number of rotatable bonds is 5. The first kappa shape index (κ1) is 19.5. The molecule has 2 aromatic rings. The molecule has 0 aliphatic rings. The minimum atomic E-state index is -0.611. The molecule has 5 nitrogen and oxygen atoms in total. The Bertz CT molecular complexity index is 806. The summed E-state index contributed by atoms with van der Waals surface area (Å²) < 4.78 is 10.5. The van der Waals surface area contributed by atoms with E-state index in [0.29, 0.717) is 22.6 Å². The van der Waals surface area contributed by atoms with Crippen LogP contribution in [0.4, 0.5) is 10.5 Å². The highest BCUT2D eigenvalue weighted by molar-refractivity contribution is 5.99. The molecule has 1 N–H and O–H groups in total. The zero-order valence-corrected chi connectivity index (χ0v) is 15.9. The second kappa shape index (κ2) is 8.04. The highest BCUT2D eigenvalue weighted by Crippen LogP contribution is 2.25. The molecule has 2 rings (SSSR count). The van der Waals surface area contributed by atoms with Crippen LogP contribution in [-0.2, 0) is 11.2 Å². The van der Waals surface area contributed by atoms with Gasteiger partial charge in [-0.3, -0.25) is 10.1 Å². The van der Waals surface area contributed by atoms with E-state index in [2.05, 4.69) is 5.32 Å². The van der Waals surface area contributed by atoms with Gasteiger partial charge in [-0.05, 0) is 45.4 Å². The van der Waals surface area contributed by atoms with Crippen molar-refractivity contribution < 1.29 is 19.1 Å². The van der Waals surface area contributed by atoms with Gasteiger partial charge in [-0.1, -0.05) is 29.8 Å². The van der Waals surface area contributed by atoms with Gasteiger partial charge in [0.05, 0.1) is 12.8 Å². The lowest BCUT2D eigenvalue weighted by atomic mass is 10.00. The summed E-state index contributed by atoms with van der Waals surface area (Å²) in [5.74, 6) is 0.564. The molecule has 0 atom stereocenters. The van der Waals surface area contributed by atoms with Crippen LogP contribution < -0.4 is 10.1 Å². The number of aryl methyl sites for hydroxylation is 1. The van der Waals surface area contributed by atoms with Gasteiger partial charge in [-0.2, -0.15) is 0 Å². The third-order valence-electron chi connectivity index (χ3n) is 3.64. The van der Waals surface area contributed by atoms with Crippen molar-refractivity contribution in [2.45, 2.75) is 39.7 Å². The van der Waals surface area contributed by atoms with Gasteiger partial charge in [0.1, 0.15) is 11.4 Å². The van der Waals surface area contributed by atoms with Crippen molar-refractivity contribution in [3.05, 3.63) is 59.2 Å². The van der Waals surface area contributed by atoms with Crippen molar-refractivity contribution >= 4 is 17.6 Å². The van der Waals surface area contributed by atoms with Crippen LogP contribution in [0.25, 0.3) is 0 Å². The Morgan fingerprint density at radius 1 is 1.08 bits per heavy atom. The molecule has 0 spiro atoms. The molecular formula is C21H25NO4. The van der Waals surface area contributed by atoms with E-state index >= 15 is 0 Å². The van der Waals surface area contributed by atoms with E-state index in [1.807, 2.05) is 25.1 Å². The van der Waals surface area contributed by atoms with Crippen LogP contribution in [0.1, 0.15) is 42.3 Å². The number of ether oxygens (including phenoxy) is 2. The normalized spacial score (nSPS) is 11.0. The number of Topliss-reactive ketones (excluding diaryl/α,β-unsaturated/α-hetero) is 1. The van der Waals surface area contributed by atoms with Crippen molar-refractivity contribution in [2.24, 2.45) is 0 Å². The molecule has 0 saturated carbocycles. The van der Waals surface area contributed by atoms with Gasteiger partial charge < -0.3 is 9.47 Å². The maximum absolute atomic E-state index is 12.6. The van der Waals surface area contributed by atoms with Crippen molar-refractivity contribution in [3.8, 4) is 5.75 Å². The zero-order valence-electron chi connectivity index (χ0n) is 15.9. The van der Waals surface area contributed by atoms with Crippen LogP contribution in [-0.4, -0.2) is 24.6 Å². The summed E-state index contributed by atoms with van der Waals surface area (Å²) in [6, 6.07) is 12.7. The van der Waals surface area contributed by atoms with Gasteiger partial charge in [-0.25, -0.2) is 4.79 Å². The van der Waals surface area contributed by atoms with Gasteiger partial charge in [-0.15, -0.1) is 0 Å². The van der Waals surface area contributed by atoms with Crippen LogP contribution in [0.2, 0.25) is 0 Å². The number of ketones is 1. The monoisotopic (exact) mass is 355 g/mol. The molecule has 5 heteroatoms. The highest BCUT2D eigenvalue weighted by atomic mass is 16.6. The lowest BCUT2D eigenvalue weighted by Gasteiger charge is -2.20. The van der Waals surface area contributed by atoms with Gasteiger partial charge in [0.2, 0.25) is 0 Å². The van der Waals surface area contributed by atoms with E-state index < -0.39 is 11.7 Å². The van der Waals surface area contributed by atoms with E-state index in [1.54, 1.807) is 52.1 Å². The van der Waals surface area contributed by atoms with Crippen LogP contribution >= 0.6 is 0 Å². The fourth-order valence-electron chi connectivity index (χ4n) is 2.46. The number of amides is 1. The largest absolute Gasteiger partial charge is 0.497 e. The van der Waals surface area contributed by atoms with Crippen LogP contribution in [0.15, 0.2) is 42.5 Å². The summed E-state index contributed by atoms with van der Waals surface area (Å²) in [5.41, 5.74) is 2.25. The third kappa shape index (κ3) is 5.62. The quantitative estimate of drug-likeness (QED) is 0.784. The van der Waals surface area contributed by atoms with E-state index in [9.17, 15) is 9.59 Å². The minimum absolute atomic E-state index is 0.0221. The van der Waals surface area contributed by atoms with E-state index in [4.69, 9.17) is 9.47 Å². The predicted molar refractivity (Wildman–Crippen MR) is 102 cm³/mol. The van der Waals surface area contributed by atoms with Crippen LogP contribution in [0, 0.1) is 6.92 Å². The zero-order chi connectivity index (χ0) is 19.3. The second-order valence-corrected chi connectivity index (χ2v) is 7.12. The predicted octanol–water partition coefficient (Wildman–Crippen LogP) is 4.78. The Morgan fingerprint density at radius 3 is 2.42 bits per heavy atom.